The van der Waals surface area contributed by atoms with E-state index in [0.717, 1.165) is 4.90 Å². The van der Waals surface area contributed by atoms with Crippen molar-refractivity contribution in [1.82, 2.24) is 63.4 Å². The summed E-state index contributed by atoms with van der Waals surface area (Å²) < 4.78 is 0. The molecule has 550 valence electrons. The van der Waals surface area contributed by atoms with Crippen molar-refractivity contribution in [2.24, 2.45) is 46.1 Å². The monoisotopic (exact) mass is 1390 g/mol. The third-order valence-corrected chi connectivity index (χ3v) is 15.5. The molecule has 1 aliphatic rings. The molecule has 0 spiro atoms. The minimum atomic E-state index is -1.86. The summed E-state index contributed by atoms with van der Waals surface area (Å²) >= 11 is 0. The van der Waals surface area contributed by atoms with Crippen LogP contribution in [0, 0.1) is 16.7 Å². The smallest absolute Gasteiger partial charge is 0.326 e. The number of carbonyl (C=O) groups excluding carboxylic acids is 12. The molecule has 1 saturated heterocycles. The number of likely N-dealkylation sites (tertiary alicyclic amines) is 1. The number of guanidine groups is 2. The number of aromatic hydroxyl groups is 1. The molecular formula is C60H103N21O17. The Balaban J connectivity index is 2.46. The number of primary amides is 2. The van der Waals surface area contributed by atoms with E-state index in [-0.39, 0.29) is 134 Å². The second kappa shape index (κ2) is 45.1. The van der Waals surface area contributed by atoms with Gasteiger partial charge in [0.05, 0.1) is 19.3 Å². The minimum absolute atomic E-state index is 0.0175. The quantitative estimate of drug-likeness (QED) is 0.0164. The largest absolute Gasteiger partial charge is 0.508 e. The standard InChI is InChI=1S/C60H103N21O17/c1-32(2)28-42(58(97)98)78-53(92)41(29-33-15-17-34(84)18-16-33)77-50(89)37(11-4-6-24-62)74-54(93)43(30-82)79-51(90)38(12-7-25-70-59(66)67)73-52(91)39(20-22-47(65)86)75-55(94)44(31-83)80-56(95)45-14-9-27-81(45)57(96)40(13-8-26-71-60(68)69)76-49(88)36(10-3-5-23-61)72-48(87)35(63)19-21-46(64)85/h15-18,32,35-45,82-84H,3-14,19-31,61-63H2,1-2H3,(H2,64,85)(H2,65,86)(H,72,87)(H,73,91)(H,74,93)(H,75,94)(H,76,88)(H,77,89)(H,78,92)(H,79,90)(H,80,95)(H,97,98)(H4,66,67,70)(H4,68,69,71)/t35-,36-,37-,38-,39-,40-,41-,42-,43-,44-,45-/m0/s1. The molecule has 2 rings (SSSR count). The molecule has 0 saturated carbocycles. The number of carboxylic acids is 1. The number of hydrogen-bond donors (Lipinski definition) is 24. The molecule has 31 N–H and O–H groups in total. The van der Waals surface area contributed by atoms with Gasteiger partial charge in [-0.3, -0.25) is 68.4 Å². The molecule has 1 fully saturated rings. The van der Waals surface area contributed by atoms with Crippen molar-refractivity contribution in [1.29, 1.82) is 10.8 Å². The molecule has 1 aromatic rings. The van der Waals surface area contributed by atoms with Gasteiger partial charge in [0.15, 0.2) is 11.9 Å². The minimum Gasteiger partial charge on any atom is -0.508 e. The van der Waals surface area contributed by atoms with Crippen molar-refractivity contribution in [3.63, 3.8) is 0 Å². The van der Waals surface area contributed by atoms with E-state index in [0.29, 0.717) is 24.8 Å². The molecular weight excluding hydrogens is 1290 g/mol. The lowest BCUT2D eigenvalue weighted by atomic mass is 10.0. The predicted molar refractivity (Wildman–Crippen MR) is 354 cm³/mol. The van der Waals surface area contributed by atoms with Crippen LogP contribution in [0.15, 0.2) is 24.3 Å². The van der Waals surface area contributed by atoms with E-state index in [1.165, 1.54) is 24.3 Å². The Bertz CT molecular complexity index is 2850. The van der Waals surface area contributed by atoms with Crippen LogP contribution in [0.4, 0.5) is 0 Å². The maximum absolute atomic E-state index is 14.5. The summed E-state index contributed by atoms with van der Waals surface area (Å²) in [6, 6.07) is -11.0. The average molecular weight is 1390 g/mol. The number of nitrogens with zero attached hydrogens (tertiary/aromatic N) is 1. The second-order valence-electron chi connectivity index (χ2n) is 24.1. The van der Waals surface area contributed by atoms with Crippen molar-refractivity contribution < 1.29 is 82.8 Å². The highest BCUT2D eigenvalue weighted by atomic mass is 16.4. The molecule has 12 amide bonds. The van der Waals surface area contributed by atoms with Crippen molar-refractivity contribution >= 4 is 88.8 Å². The van der Waals surface area contributed by atoms with Gasteiger partial charge in [-0.2, -0.15) is 0 Å². The van der Waals surface area contributed by atoms with Gasteiger partial charge >= 0.3 is 5.97 Å². The summed E-state index contributed by atoms with van der Waals surface area (Å²) in [6.07, 6.45) is -0.295. The zero-order valence-electron chi connectivity index (χ0n) is 55.5. The Kier molecular flexibility index (Phi) is 38.9. The third-order valence-electron chi connectivity index (χ3n) is 15.5. The van der Waals surface area contributed by atoms with Crippen LogP contribution in [-0.2, 0) is 68.7 Å². The molecule has 38 nitrogen and oxygen atoms in total. The summed E-state index contributed by atoms with van der Waals surface area (Å²) in [5.41, 5.74) is 39.4. The molecule has 1 heterocycles. The second-order valence-corrected chi connectivity index (χ2v) is 24.1. The number of carboxylic acid groups (broad SMARTS) is 1. The van der Waals surface area contributed by atoms with Crippen LogP contribution in [0.3, 0.4) is 0 Å². The number of phenols is 1. The van der Waals surface area contributed by atoms with Crippen LogP contribution in [0.1, 0.15) is 129 Å². The van der Waals surface area contributed by atoms with Crippen molar-refractivity contribution in [2.75, 3.05) is 45.9 Å². The van der Waals surface area contributed by atoms with E-state index in [9.17, 15) is 82.8 Å². The molecule has 38 heteroatoms. The predicted octanol–water partition coefficient (Wildman–Crippen LogP) is -7.95. The molecule has 11 atom stereocenters. The number of aliphatic hydroxyl groups excluding tert-OH is 2. The summed E-state index contributed by atoms with van der Waals surface area (Å²) in [5, 5.41) is 83.3. The van der Waals surface area contributed by atoms with Crippen LogP contribution < -0.4 is 98.6 Å². The van der Waals surface area contributed by atoms with Gasteiger partial charge in [0.2, 0.25) is 70.9 Å². The van der Waals surface area contributed by atoms with Crippen LogP contribution in [0.25, 0.3) is 0 Å². The number of carbonyl (C=O) groups is 13. The van der Waals surface area contributed by atoms with Gasteiger partial charge in [0.1, 0.15) is 66.2 Å². The van der Waals surface area contributed by atoms with Crippen LogP contribution in [0.2, 0.25) is 0 Å². The fraction of sp³-hybridized carbons (Fsp3) is 0.650. The number of rotatable bonds is 48. The lowest BCUT2D eigenvalue weighted by Crippen LogP contribution is -2.61. The molecule has 98 heavy (non-hydrogen) atoms. The Morgan fingerprint density at radius 2 is 0.898 bits per heavy atom. The number of aliphatic hydroxyl groups is 2. The van der Waals surface area contributed by atoms with E-state index >= 15 is 0 Å². The Morgan fingerprint density at radius 3 is 1.35 bits per heavy atom. The first kappa shape index (κ1) is 84.6. The molecule has 0 unspecified atom stereocenters. The van der Waals surface area contributed by atoms with Crippen molar-refractivity contribution in [2.45, 2.75) is 196 Å². The lowest BCUT2D eigenvalue weighted by Gasteiger charge is -2.31. The fourth-order valence-corrected chi connectivity index (χ4v) is 10.2. The van der Waals surface area contributed by atoms with Crippen LogP contribution in [0.5, 0.6) is 5.75 Å². The molecule has 0 aromatic heterocycles. The maximum Gasteiger partial charge on any atom is 0.326 e. The third kappa shape index (κ3) is 32.0. The number of aliphatic carboxylic acids is 1. The highest BCUT2D eigenvalue weighted by molar-refractivity contribution is 5.99. The van der Waals surface area contributed by atoms with Gasteiger partial charge in [0.25, 0.3) is 0 Å². The van der Waals surface area contributed by atoms with Crippen LogP contribution >= 0.6 is 0 Å². The molecule has 1 aliphatic heterocycles. The van der Waals surface area contributed by atoms with Gasteiger partial charge < -0.3 is 124 Å². The lowest BCUT2D eigenvalue weighted by molar-refractivity contribution is -0.143. The molecule has 0 bridgehead atoms. The highest BCUT2D eigenvalue weighted by Crippen LogP contribution is 2.21. The summed E-state index contributed by atoms with van der Waals surface area (Å²) in [4.78, 5) is 177. The first-order chi connectivity index (χ1) is 46.3. The van der Waals surface area contributed by atoms with Gasteiger partial charge in [-0.1, -0.05) is 26.0 Å². The van der Waals surface area contributed by atoms with E-state index < -0.39 is 175 Å². The Hall–Kier alpha value is -9.53. The maximum atomic E-state index is 14.5. The number of benzene rings is 1. The summed E-state index contributed by atoms with van der Waals surface area (Å²) in [5.74, 6) is -13.9. The fourth-order valence-electron chi connectivity index (χ4n) is 10.2. The molecule has 0 radical (unpaired) electrons. The normalized spacial score (nSPS) is 15.7. The number of unbranched alkanes of at least 4 members (excludes halogenated alkanes) is 2. The van der Waals surface area contributed by atoms with Crippen LogP contribution in [-0.4, -0.2) is 226 Å². The van der Waals surface area contributed by atoms with E-state index in [4.69, 9.17) is 51.0 Å². The first-order valence-corrected chi connectivity index (χ1v) is 32.5. The number of nitrogens with two attached hydrogens (primary N) is 7. The highest BCUT2D eigenvalue weighted by Gasteiger charge is 2.41. The Morgan fingerprint density at radius 1 is 0.510 bits per heavy atom. The summed E-state index contributed by atoms with van der Waals surface area (Å²) in [7, 11) is 0. The molecule has 0 aliphatic carbocycles. The summed E-state index contributed by atoms with van der Waals surface area (Å²) in [6.45, 7) is 1.68. The first-order valence-electron chi connectivity index (χ1n) is 32.5. The number of phenolic OH excluding ortho intramolecular Hbond substituents is 1. The molecule has 1 aromatic carbocycles. The SMILES string of the molecule is CC(C)C[C@H](NC(=O)[C@H](Cc1ccc(O)cc1)NC(=O)[C@H](CCCCN)NC(=O)[C@H](CO)NC(=O)[C@H](CCCNC(=N)N)NC(=O)[C@H](CCC(N)=O)NC(=O)[C@H](CO)NC(=O)[C@@H]1CCCN1C(=O)[C@H](CCCNC(=N)N)NC(=O)[C@H](CCCCN)NC(=O)[C@@H](N)CCC(N)=O)C(=O)O. The van der Waals surface area contributed by atoms with E-state index in [1.807, 2.05) is 0 Å². The van der Waals surface area contributed by atoms with E-state index in [2.05, 4.69) is 58.5 Å². The topological polar surface area (TPSA) is 668 Å². The van der Waals surface area contributed by atoms with Gasteiger partial charge in [0, 0.05) is 38.9 Å². The van der Waals surface area contributed by atoms with Gasteiger partial charge in [-0.15, -0.1) is 0 Å². The van der Waals surface area contributed by atoms with E-state index in [1.54, 1.807) is 13.8 Å². The average Bonchev–Trinajstić information content (AvgIpc) is 1.60. The zero-order chi connectivity index (χ0) is 73.6. The Labute approximate surface area is 567 Å². The number of nitrogens with one attached hydrogen (secondary N) is 13. The van der Waals surface area contributed by atoms with Crippen molar-refractivity contribution in [3.8, 4) is 5.75 Å². The van der Waals surface area contributed by atoms with Gasteiger partial charge in [-0.05, 0) is 133 Å². The van der Waals surface area contributed by atoms with Gasteiger partial charge in [-0.25, -0.2) is 4.79 Å². The number of hydrogen-bond acceptors (Lipinski definition) is 21. The van der Waals surface area contributed by atoms with Crippen molar-refractivity contribution in [3.05, 3.63) is 29.8 Å². The zero-order valence-corrected chi connectivity index (χ0v) is 55.5. The number of amides is 12.